The summed E-state index contributed by atoms with van der Waals surface area (Å²) in [7, 11) is 0. The minimum Gasteiger partial charge on any atom is -0.359 e. The van der Waals surface area contributed by atoms with Crippen LogP contribution in [0.25, 0.3) is 0 Å². The Hall–Kier alpha value is -1.69. The van der Waals surface area contributed by atoms with Gasteiger partial charge in [-0.2, -0.15) is 0 Å². The highest BCUT2D eigenvalue weighted by Crippen LogP contribution is 2.12. The fraction of sp³-hybridized carbons (Fsp3) is 0.316. The monoisotopic (exact) mass is 378 g/mol. The molecule has 0 unspecified atom stereocenters. The van der Waals surface area contributed by atoms with Crippen LogP contribution in [0.2, 0.25) is 5.02 Å². The van der Waals surface area contributed by atoms with Crippen molar-refractivity contribution >= 4 is 34.6 Å². The van der Waals surface area contributed by atoms with Crippen molar-refractivity contribution in [2.24, 2.45) is 0 Å². The molecular weight excluding hydrogens is 357 g/mol. The molecule has 0 aromatic heterocycles. The molecule has 0 atom stereocenters. The van der Waals surface area contributed by atoms with Crippen LogP contribution in [-0.2, 0) is 6.54 Å². The van der Waals surface area contributed by atoms with Crippen LogP contribution in [0.4, 0.5) is 10.1 Å². The number of piperidine rings is 1. The van der Waals surface area contributed by atoms with Crippen LogP contribution in [0.1, 0.15) is 18.4 Å². The smallest absolute Gasteiger partial charge is 0.171 e. The maximum absolute atomic E-state index is 13.7. The van der Waals surface area contributed by atoms with Crippen LogP contribution in [-0.4, -0.2) is 24.2 Å². The summed E-state index contributed by atoms with van der Waals surface area (Å²) < 4.78 is 13.7. The van der Waals surface area contributed by atoms with Gasteiger partial charge < -0.3 is 15.5 Å². The molecule has 0 aliphatic carbocycles. The van der Waals surface area contributed by atoms with Crippen molar-refractivity contribution in [1.29, 1.82) is 0 Å². The Morgan fingerprint density at radius 3 is 2.48 bits per heavy atom. The third kappa shape index (κ3) is 5.39. The van der Waals surface area contributed by atoms with Crippen molar-refractivity contribution in [2.45, 2.75) is 25.4 Å². The Balaban J connectivity index is 1.43. The molecule has 3 N–H and O–H groups in total. The standard InChI is InChI=1S/C19H21ClFN3S/c20-15-7-5-14(6-8-15)13-24-11-9-16(10-12-24)22-19(25)23-18-4-2-1-3-17(18)21/h1-8,16H,9-13H2,(H2,22,23,25)/p+1. The molecule has 132 valence electrons. The van der Waals surface area contributed by atoms with Crippen LogP contribution in [0.15, 0.2) is 48.5 Å². The highest BCUT2D eigenvalue weighted by Gasteiger charge is 2.22. The Bertz CT molecular complexity index is 715. The minimum absolute atomic E-state index is 0.297. The molecule has 0 radical (unpaired) electrons. The van der Waals surface area contributed by atoms with Gasteiger partial charge >= 0.3 is 0 Å². The lowest BCUT2D eigenvalue weighted by Gasteiger charge is -2.30. The van der Waals surface area contributed by atoms with Gasteiger partial charge in [0.1, 0.15) is 12.4 Å². The zero-order valence-electron chi connectivity index (χ0n) is 13.9. The molecule has 2 aromatic rings. The number of halogens is 2. The first-order chi connectivity index (χ1) is 12.1. The summed E-state index contributed by atoms with van der Waals surface area (Å²) in [6.45, 7) is 3.19. The van der Waals surface area contributed by atoms with Gasteiger partial charge in [-0.1, -0.05) is 35.9 Å². The number of thiocarbonyl (C=S) groups is 1. The first-order valence-corrected chi connectivity index (χ1v) is 9.29. The molecule has 1 aliphatic heterocycles. The predicted molar refractivity (Wildman–Crippen MR) is 105 cm³/mol. The zero-order chi connectivity index (χ0) is 17.6. The highest BCUT2D eigenvalue weighted by atomic mass is 35.5. The van der Waals surface area contributed by atoms with Crippen LogP contribution in [0, 0.1) is 5.82 Å². The van der Waals surface area contributed by atoms with Gasteiger partial charge in [-0.15, -0.1) is 0 Å². The number of quaternary nitrogens is 1. The second-order valence-corrected chi connectivity index (χ2v) is 7.25. The lowest BCUT2D eigenvalue weighted by atomic mass is 10.0. The first-order valence-electron chi connectivity index (χ1n) is 8.50. The van der Waals surface area contributed by atoms with Crippen molar-refractivity contribution in [3.8, 4) is 0 Å². The van der Waals surface area contributed by atoms with Crippen molar-refractivity contribution in [3.63, 3.8) is 0 Å². The van der Waals surface area contributed by atoms with E-state index in [4.69, 9.17) is 23.8 Å². The summed E-state index contributed by atoms with van der Waals surface area (Å²) in [5, 5.41) is 7.51. The zero-order valence-corrected chi connectivity index (χ0v) is 15.5. The van der Waals surface area contributed by atoms with E-state index in [1.54, 1.807) is 23.1 Å². The van der Waals surface area contributed by atoms with Crippen molar-refractivity contribution in [3.05, 3.63) is 64.9 Å². The number of rotatable bonds is 4. The van der Waals surface area contributed by atoms with E-state index in [0.29, 0.717) is 16.8 Å². The molecule has 0 amide bonds. The molecule has 1 aliphatic rings. The molecule has 0 bridgehead atoms. The molecule has 2 aromatic carbocycles. The highest BCUT2D eigenvalue weighted by molar-refractivity contribution is 7.80. The summed E-state index contributed by atoms with van der Waals surface area (Å²) >= 11 is 11.2. The fourth-order valence-corrected chi connectivity index (χ4v) is 3.55. The third-order valence-corrected chi connectivity index (χ3v) is 4.99. The van der Waals surface area contributed by atoms with Crippen LogP contribution in [0.5, 0.6) is 0 Å². The lowest BCUT2D eigenvalue weighted by Crippen LogP contribution is -3.12. The van der Waals surface area contributed by atoms with E-state index < -0.39 is 0 Å². The van der Waals surface area contributed by atoms with Gasteiger partial charge in [0.2, 0.25) is 0 Å². The molecular formula is C19H22ClFN3S+. The van der Waals surface area contributed by atoms with Gasteiger partial charge in [-0.3, -0.25) is 0 Å². The number of likely N-dealkylation sites (tertiary alicyclic amines) is 1. The molecule has 0 spiro atoms. The van der Waals surface area contributed by atoms with E-state index in [0.717, 1.165) is 37.5 Å². The normalized spacial score (nSPS) is 20.1. The van der Waals surface area contributed by atoms with Gasteiger partial charge in [0.05, 0.1) is 18.8 Å². The molecule has 3 rings (SSSR count). The van der Waals surface area contributed by atoms with Gasteiger partial charge in [0.25, 0.3) is 0 Å². The van der Waals surface area contributed by atoms with Crippen molar-refractivity contribution in [1.82, 2.24) is 5.32 Å². The molecule has 25 heavy (non-hydrogen) atoms. The Labute approximate surface area is 158 Å². The summed E-state index contributed by atoms with van der Waals surface area (Å²) in [4.78, 5) is 1.56. The van der Waals surface area contributed by atoms with E-state index >= 15 is 0 Å². The maximum atomic E-state index is 13.7. The summed E-state index contributed by atoms with van der Waals surface area (Å²) in [5.74, 6) is -0.297. The average Bonchev–Trinajstić information content (AvgIpc) is 2.61. The third-order valence-electron chi connectivity index (χ3n) is 4.52. The number of hydrogen-bond acceptors (Lipinski definition) is 1. The SMILES string of the molecule is Fc1ccccc1NC(=S)NC1CC[NH+](Cc2ccc(Cl)cc2)CC1. The van der Waals surface area contributed by atoms with E-state index in [-0.39, 0.29) is 5.82 Å². The van der Waals surface area contributed by atoms with E-state index in [2.05, 4.69) is 22.8 Å². The van der Waals surface area contributed by atoms with E-state index in [1.165, 1.54) is 11.6 Å². The van der Waals surface area contributed by atoms with Crippen LogP contribution in [0.3, 0.4) is 0 Å². The molecule has 6 heteroatoms. The molecule has 3 nitrogen and oxygen atoms in total. The van der Waals surface area contributed by atoms with Crippen molar-refractivity contribution < 1.29 is 9.29 Å². The largest absolute Gasteiger partial charge is 0.359 e. The van der Waals surface area contributed by atoms with Gasteiger partial charge in [0, 0.05) is 29.5 Å². The Morgan fingerprint density at radius 2 is 1.80 bits per heavy atom. The molecule has 1 fully saturated rings. The van der Waals surface area contributed by atoms with Gasteiger partial charge in [-0.25, -0.2) is 4.39 Å². The number of nitrogens with one attached hydrogen (secondary N) is 3. The average molecular weight is 379 g/mol. The molecule has 0 saturated carbocycles. The molecule has 1 heterocycles. The lowest BCUT2D eigenvalue weighted by molar-refractivity contribution is -0.918. The predicted octanol–water partition coefficient (Wildman–Crippen LogP) is 3.01. The van der Waals surface area contributed by atoms with Gasteiger partial charge in [0.15, 0.2) is 5.11 Å². The number of benzene rings is 2. The summed E-state index contributed by atoms with van der Waals surface area (Å²) in [6, 6.07) is 14.9. The number of anilines is 1. The van der Waals surface area contributed by atoms with Gasteiger partial charge in [-0.05, 0) is 36.5 Å². The second-order valence-electron chi connectivity index (χ2n) is 6.41. The fourth-order valence-electron chi connectivity index (χ4n) is 3.14. The maximum Gasteiger partial charge on any atom is 0.171 e. The quantitative estimate of drug-likeness (QED) is 0.714. The Morgan fingerprint density at radius 1 is 1.12 bits per heavy atom. The number of hydrogen-bond donors (Lipinski definition) is 3. The first kappa shape index (κ1) is 18.1. The summed E-state index contributed by atoms with van der Waals surface area (Å²) in [6.07, 6.45) is 2.09. The molecule has 1 saturated heterocycles. The van der Waals surface area contributed by atoms with Crippen molar-refractivity contribution in [2.75, 3.05) is 18.4 Å². The number of para-hydroxylation sites is 1. The minimum atomic E-state index is -0.297. The van der Waals surface area contributed by atoms with Crippen LogP contribution >= 0.6 is 23.8 Å². The Kier molecular flexibility index (Phi) is 6.24. The second kappa shape index (κ2) is 8.61. The van der Waals surface area contributed by atoms with E-state index in [9.17, 15) is 4.39 Å². The van der Waals surface area contributed by atoms with Crippen LogP contribution < -0.4 is 15.5 Å². The topological polar surface area (TPSA) is 28.5 Å². The summed E-state index contributed by atoms with van der Waals surface area (Å²) in [5.41, 5.74) is 1.72. The van der Waals surface area contributed by atoms with E-state index in [1.807, 2.05) is 12.1 Å².